The number of amides is 1. The molecule has 3 rings (SSSR count). The van der Waals surface area contributed by atoms with E-state index in [0.29, 0.717) is 36.1 Å². The molecular formula is C16H20ClN3O3. The topological polar surface area (TPSA) is 78.6 Å². The van der Waals surface area contributed by atoms with Gasteiger partial charge in [-0.2, -0.15) is 4.98 Å². The lowest BCUT2D eigenvalue weighted by atomic mass is 9.97. The predicted octanol–water partition coefficient (Wildman–Crippen LogP) is 2.20. The van der Waals surface area contributed by atoms with Gasteiger partial charge < -0.3 is 19.7 Å². The van der Waals surface area contributed by atoms with E-state index in [0.717, 1.165) is 24.9 Å². The highest BCUT2D eigenvalue weighted by atomic mass is 35.5. The molecule has 0 spiro atoms. The van der Waals surface area contributed by atoms with Crippen LogP contribution in [0.3, 0.4) is 0 Å². The average molecular weight is 338 g/mol. The van der Waals surface area contributed by atoms with Crippen LogP contribution in [0.4, 0.5) is 6.01 Å². The van der Waals surface area contributed by atoms with Crippen LogP contribution in [0.15, 0.2) is 22.6 Å². The number of fused-ring (bicyclic) bond motifs is 1. The molecule has 1 saturated heterocycles. The lowest BCUT2D eigenvalue weighted by molar-refractivity contribution is -0.125. The number of rotatable bonds is 5. The number of nitrogens with zero attached hydrogens (tertiary/aromatic N) is 2. The van der Waals surface area contributed by atoms with Crippen molar-refractivity contribution in [1.29, 1.82) is 0 Å². The van der Waals surface area contributed by atoms with Crippen LogP contribution >= 0.6 is 11.6 Å². The summed E-state index contributed by atoms with van der Waals surface area (Å²) >= 11 is 5.97. The molecule has 1 amide bonds. The van der Waals surface area contributed by atoms with Crippen molar-refractivity contribution in [3.05, 3.63) is 23.2 Å². The van der Waals surface area contributed by atoms with Crippen LogP contribution in [0.25, 0.3) is 11.1 Å². The molecular weight excluding hydrogens is 318 g/mol. The zero-order valence-corrected chi connectivity index (χ0v) is 13.6. The minimum absolute atomic E-state index is 0.0299. The summed E-state index contributed by atoms with van der Waals surface area (Å²) in [4.78, 5) is 18.7. The van der Waals surface area contributed by atoms with E-state index in [-0.39, 0.29) is 18.4 Å². The molecule has 1 unspecified atom stereocenters. The number of carbonyl (C=O) groups excluding carboxylic acids is 1. The van der Waals surface area contributed by atoms with Gasteiger partial charge in [0.05, 0.1) is 5.92 Å². The van der Waals surface area contributed by atoms with Crippen LogP contribution in [-0.4, -0.2) is 42.2 Å². The van der Waals surface area contributed by atoms with Gasteiger partial charge in [-0.05, 0) is 37.5 Å². The molecule has 0 bridgehead atoms. The van der Waals surface area contributed by atoms with Crippen LogP contribution in [0, 0.1) is 5.92 Å². The summed E-state index contributed by atoms with van der Waals surface area (Å²) in [6.07, 6.45) is 2.35. The standard InChI is InChI=1S/C16H20ClN3O3/c17-12-4-5-14-13(9-12)19-16(23-14)20-7-1-3-11(10-20)15(22)18-6-2-8-21/h4-5,9,11,21H,1-3,6-8,10H2,(H,18,22). The zero-order chi connectivity index (χ0) is 16.2. The molecule has 2 heterocycles. The number of aromatic nitrogens is 1. The first-order valence-electron chi connectivity index (χ1n) is 7.87. The Kier molecular flexibility index (Phi) is 5.03. The number of oxazole rings is 1. The Morgan fingerprint density at radius 2 is 2.39 bits per heavy atom. The van der Waals surface area contributed by atoms with Crippen LogP contribution in [0.1, 0.15) is 19.3 Å². The first-order valence-corrected chi connectivity index (χ1v) is 8.25. The van der Waals surface area contributed by atoms with Crippen molar-refractivity contribution in [1.82, 2.24) is 10.3 Å². The van der Waals surface area contributed by atoms with Crippen molar-refractivity contribution in [2.45, 2.75) is 19.3 Å². The number of carbonyl (C=O) groups is 1. The van der Waals surface area contributed by atoms with E-state index in [2.05, 4.69) is 10.3 Å². The van der Waals surface area contributed by atoms with Gasteiger partial charge in [-0.25, -0.2) is 0 Å². The number of nitrogens with one attached hydrogen (secondary N) is 1. The number of benzene rings is 1. The first kappa shape index (κ1) is 16.1. The van der Waals surface area contributed by atoms with Crippen molar-refractivity contribution in [3.63, 3.8) is 0 Å². The van der Waals surface area contributed by atoms with E-state index in [4.69, 9.17) is 21.1 Å². The van der Waals surface area contributed by atoms with Crippen molar-refractivity contribution in [2.75, 3.05) is 31.1 Å². The number of halogens is 1. The lowest BCUT2D eigenvalue weighted by Crippen LogP contribution is -2.43. The minimum Gasteiger partial charge on any atom is -0.423 e. The maximum Gasteiger partial charge on any atom is 0.298 e. The molecule has 1 aromatic heterocycles. The summed E-state index contributed by atoms with van der Waals surface area (Å²) in [7, 11) is 0. The molecule has 23 heavy (non-hydrogen) atoms. The van der Waals surface area contributed by atoms with Gasteiger partial charge in [0.2, 0.25) is 5.91 Å². The van der Waals surface area contributed by atoms with E-state index in [1.807, 2.05) is 4.90 Å². The van der Waals surface area contributed by atoms with E-state index >= 15 is 0 Å². The highest BCUT2D eigenvalue weighted by molar-refractivity contribution is 6.31. The summed E-state index contributed by atoms with van der Waals surface area (Å²) in [5, 5.41) is 12.3. The molecule has 7 heteroatoms. The number of piperidine rings is 1. The molecule has 1 aromatic carbocycles. The Bertz CT molecular complexity index is 688. The third-order valence-corrected chi connectivity index (χ3v) is 4.27. The lowest BCUT2D eigenvalue weighted by Gasteiger charge is -2.30. The third-order valence-electron chi connectivity index (χ3n) is 4.04. The maximum absolute atomic E-state index is 12.2. The Hall–Kier alpha value is -1.79. The number of hydrogen-bond acceptors (Lipinski definition) is 5. The SMILES string of the molecule is O=C(NCCCO)C1CCCN(c2nc3cc(Cl)ccc3o2)C1. The zero-order valence-electron chi connectivity index (χ0n) is 12.8. The molecule has 2 aromatic rings. The minimum atomic E-state index is -0.0824. The normalized spacial score (nSPS) is 18.3. The number of anilines is 1. The van der Waals surface area contributed by atoms with Gasteiger partial charge in [0.15, 0.2) is 5.58 Å². The van der Waals surface area contributed by atoms with Gasteiger partial charge in [-0.1, -0.05) is 11.6 Å². The highest BCUT2D eigenvalue weighted by Gasteiger charge is 2.28. The van der Waals surface area contributed by atoms with Crippen LogP contribution in [-0.2, 0) is 4.79 Å². The third kappa shape index (κ3) is 3.76. The van der Waals surface area contributed by atoms with Gasteiger partial charge in [-0.3, -0.25) is 4.79 Å². The monoisotopic (exact) mass is 337 g/mol. The fourth-order valence-corrected chi connectivity index (χ4v) is 2.99. The molecule has 0 radical (unpaired) electrons. The molecule has 1 aliphatic heterocycles. The second kappa shape index (κ2) is 7.19. The largest absolute Gasteiger partial charge is 0.423 e. The number of aliphatic hydroxyl groups is 1. The molecule has 1 atom stereocenters. The quantitative estimate of drug-likeness (QED) is 0.818. The Labute approximate surface area is 139 Å². The summed E-state index contributed by atoms with van der Waals surface area (Å²) in [6, 6.07) is 5.88. The van der Waals surface area contributed by atoms with Crippen LogP contribution in [0.5, 0.6) is 0 Å². The molecule has 0 aliphatic carbocycles. The van der Waals surface area contributed by atoms with Gasteiger partial charge in [0, 0.05) is 31.3 Å². The second-order valence-electron chi connectivity index (χ2n) is 5.76. The second-order valence-corrected chi connectivity index (χ2v) is 6.20. The summed E-state index contributed by atoms with van der Waals surface area (Å²) < 4.78 is 5.78. The van der Waals surface area contributed by atoms with E-state index in [1.165, 1.54) is 0 Å². The summed E-state index contributed by atoms with van der Waals surface area (Å²) in [6.45, 7) is 2.00. The van der Waals surface area contributed by atoms with Crippen LogP contribution in [0.2, 0.25) is 5.02 Å². The van der Waals surface area contributed by atoms with Gasteiger partial charge >= 0.3 is 0 Å². The molecule has 1 fully saturated rings. The highest BCUT2D eigenvalue weighted by Crippen LogP contribution is 2.27. The van der Waals surface area contributed by atoms with Crippen molar-refractivity contribution in [2.24, 2.45) is 5.92 Å². The molecule has 0 saturated carbocycles. The number of hydrogen-bond donors (Lipinski definition) is 2. The molecule has 1 aliphatic rings. The summed E-state index contributed by atoms with van der Waals surface area (Å²) in [5.41, 5.74) is 1.42. The fourth-order valence-electron chi connectivity index (χ4n) is 2.82. The molecule has 6 nitrogen and oxygen atoms in total. The Morgan fingerprint density at radius 1 is 1.52 bits per heavy atom. The van der Waals surface area contributed by atoms with Gasteiger partial charge in [0.25, 0.3) is 6.01 Å². The van der Waals surface area contributed by atoms with E-state index < -0.39 is 0 Å². The van der Waals surface area contributed by atoms with Crippen molar-refractivity contribution in [3.8, 4) is 0 Å². The Morgan fingerprint density at radius 3 is 3.22 bits per heavy atom. The average Bonchev–Trinajstić information content (AvgIpc) is 2.98. The predicted molar refractivity (Wildman–Crippen MR) is 88.7 cm³/mol. The molecule has 124 valence electrons. The van der Waals surface area contributed by atoms with Crippen molar-refractivity contribution < 1.29 is 14.3 Å². The number of aliphatic hydroxyl groups excluding tert-OH is 1. The van der Waals surface area contributed by atoms with Gasteiger partial charge in [-0.15, -0.1) is 0 Å². The van der Waals surface area contributed by atoms with E-state index in [9.17, 15) is 4.79 Å². The molecule has 2 N–H and O–H groups in total. The first-order chi connectivity index (χ1) is 11.2. The Balaban J connectivity index is 1.68. The van der Waals surface area contributed by atoms with Gasteiger partial charge in [0.1, 0.15) is 5.52 Å². The van der Waals surface area contributed by atoms with Crippen molar-refractivity contribution >= 4 is 34.6 Å². The van der Waals surface area contributed by atoms with Crippen LogP contribution < -0.4 is 10.2 Å². The fraction of sp³-hybridized carbons (Fsp3) is 0.500. The maximum atomic E-state index is 12.2. The summed E-state index contributed by atoms with van der Waals surface area (Å²) in [5.74, 6) is -0.0525. The van der Waals surface area contributed by atoms with E-state index in [1.54, 1.807) is 18.2 Å². The smallest absolute Gasteiger partial charge is 0.298 e.